The van der Waals surface area contributed by atoms with Crippen molar-refractivity contribution < 1.29 is 42.9 Å². The minimum Gasteiger partial charge on any atom is -0.477 e. The highest BCUT2D eigenvalue weighted by Crippen LogP contribution is 2.67. The Labute approximate surface area is 494 Å². The normalized spacial score (nSPS) is 30.6. The molecular formula is C64H92B2N8O9. The number of carboxylic acids is 1. The third-order valence-electron chi connectivity index (χ3n) is 19.8. The molecule has 5 amide bonds. The Balaban J connectivity index is 0.000000190. The first kappa shape index (κ1) is 63.3. The fourth-order valence-corrected chi connectivity index (χ4v) is 14.9. The van der Waals surface area contributed by atoms with Crippen molar-refractivity contribution in [1.82, 2.24) is 31.5 Å². The van der Waals surface area contributed by atoms with E-state index in [4.69, 9.17) is 35.6 Å². The summed E-state index contributed by atoms with van der Waals surface area (Å²) in [5.41, 5.74) is 2.15. The average molecular weight is 1140 g/mol. The quantitative estimate of drug-likeness (QED) is 0.0403. The van der Waals surface area contributed by atoms with Crippen LogP contribution in [0.4, 0.5) is 9.59 Å². The Morgan fingerprint density at radius 2 is 1.23 bits per heavy atom. The molecule has 10 fully saturated rings. The van der Waals surface area contributed by atoms with Gasteiger partial charge in [-0.15, -0.1) is 0 Å². The zero-order valence-electron chi connectivity index (χ0n) is 50.9. The highest BCUT2D eigenvalue weighted by molar-refractivity contribution is 6.48. The Morgan fingerprint density at radius 3 is 1.65 bits per heavy atom. The van der Waals surface area contributed by atoms with E-state index in [1.165, 1.54) is 37.3 Å². The van der Waals surface area contributed by atoms with Crippen LogP contribution in [-0.4, -0.2) is 122 Å². The van der Waals surface area contributed by atoms with Gasteiger partial charge >= 0.3 is 32.3 Å². The number of rotatable bonds is 16. The van der Waals surface area contributed by atoms with E-state index in [0.717, 1.165) is 50.6 Å². The SMILES string of the molecule is CC(C)C=C(C#N)C(=O)O.CC1(C)[C@@H]2C[C@H]3OB([C@H](Cc4ccccc4)NC(=O)NC[C@H]4CCCCN4)O[C@@]3(C)[C@H]1C2.[C-]#[N+]C(=CC(C)C)C(=O)N1CCCC[C@@H]1CNC(=O)N[C@@H](Cc1ccccc1)B1O[C@@H]2C[C@@H]3C[C@@H](C3(C)C)[C@]2(C)O1. The van der Waals surface area contributed by atoms with Gasteiger partial charge in [-0.2, -0.15) is 5.26 Å². The zero-order chi connectivity index (χ0) is 59.9. The van der Waals surface area contributed by atoms with Crippen molar-refractivity contribution in [2.45, 2.75) is 194 Å². The molecule has 17 nitrogen and oxygen atoms in total. The van der Waals surface area contributed by atoms with Crippen molar-refractivity contribution in [3.8, 4) is 6.07 Å². The molecule has 10 aliphatic rings. The molecule has 448 valence electrons. The lowest BCUT2D eigenvalue weighted by atomic mass is 9.43. The molecule has 12 rings (SSSR count). The van der Waals surface area contributed by atoms with Gasteiger partial charge in [0, 0.05) is 31.7 Å². The molecule has 19 heteroatoms. The van der Waals surface area contributed by atoms with Gasteiger partial charge < -0.3 is 55.2 Å². The van der Waals surface area contributed by atoms with Crippen LogP contribution in [0.2, 0.25) is 0 Å². The Kier molecular flexibility index (Phi) is 20.7. The van der Waals surface area contributed by atoms with Crippen LogP contribution in [0.3, 0.4) is 0 Å². The highest BCUT2D eigenvalue weighted by atomic mass is 16.7. The van der Waals surface area contributed by atoms with E-state index in [1.807, 2.05) is 64.1 Å². The fourth-order valence-electron chi connectivity index (χ4n) is 14.9. The van der Waals surface area contributed by atoms with Crippen LogP contribution < -0.4 is 26.6 Å². The molecule has 4 aliphatic heterocycles. The molecule has 0 unspecified atom stereocenters. The van der Waals surface area contributed by atoms with E-state index in [2.05, 4.69) is 97.2 Å². The van der Waals surface area contributed by atoms with Crippen LogP contribution in [0, 0.1) is 64.2 Å². The maximum atomic E-state index is 13.3. The van der Waals surface area contributed by atoms with Gasteiger partial charge in [0.2, 0.25) is 5.70 Å². The fraction of sp³-hybridized carbons (Fsp3) is 0.656. The zero-order valence-corrected chi connectivity index (χ0v) is 50.9. The number of hydrogen-bond donors (Lipinski definition) is 6. The van der Waals surface area contributed by atoms with Gasteiger partial charge in [0.05, 0.1) is 41.9 Å². The average Bonchev–Trinajstić information content (AvgIpc) is 1.77. The van der Waals surface area contributed by atoms with E-state index in [1.54, 1.807) is 17.0 Å². The summed E-state index contributed by atoms with van der Waals surface area (Å²) in [6, 6.07) is 21.7. The summed E-state index contributed by atoms with van der Waals surface area (Å²) in [7, 11) is -0.972. The number of carbonyl (C=O) groups excluding carboxylic acids is 3. The molecule has 4 heterocycles. The number of aliphatic carboxylic acids is 1. The number of likely N-dealkylation sites (tertiary alicyclic amines) is 1. The second-order valence-corrected chi connectivity index (χ2v) is 26.9. The molecule has 0 radical (unpaired) electrons. The third-order valence-corrected chi connectivity index (χ3v) is 19.8. The van der Waals surface area contributed by atoms with Crippen LogP contribution >= 0.6 is 0 Å². The number of nitrogens with zero attached hydrogens (tertiary/aromatic N) is 3. The maximum absolute atomic E-state index is 13.3. The number of carbonyl (C=O) groups is 4. The molecule has 0 aromatic heterocycles. The summed E-state index contributed by atoms with van der Waals surface area (Å²) >= 11 is 0. The topological polar surface area (TPSA) is 217 Å². The van der Waals surface area contributed by atoms with Crippen LogP contribution in [0.1, 0.15) is 145 Å². The number of amides is 5. The lowest BCUT2D eigenvalue weighted by Crippen LogP contribution is -2.65. The number of hydrogen-bond acceptors (Lipinski definition) is 10. The van der Waals surface area contributed by atoms with E-state index in [-0.39, 0.29) is 87.8 Å². The van der Waals surface area contributed by atoms with Crippen LogP contribution in [0.5, 0.6) is 0 Å². The largest absolute Gasteiger partial charge is 0.482 e. The van der Waals surface area contributed by atoms with Crippen LogP contribution in [0.15, 0.2) is 84.1 Å². The van der Waals surface area contributed by atoms with Crippen LogP contribution in [-0.2, 0) is 41.0 Å². The number of urea groups is 2. The van der Waals surface area contributed by atoms with Crippen LogP contribution in [0.25, 0.3) is 4.85 Å². The highest BCUT2D eigenvalue weighted by Gasteiger charge is 2.70. The lowest BCUT2D eigenvalue weighted by Gasteiger charge is -2.64. The third kappa shape index (κ3) is 14.7. The minimum absolute atomic E-state index is 0.0322. The molecule has 2 aromatic carbocycles. The minimum atomic E-state index is -1.16. The molecular weight excluding hydrogens is 1050 g/mol. The Morgan fingerprint density at radius 1 is 0.735 bits per heavy atom. The number of carboxylic acid groups (broad SMARTS) is 1. The first-order chi connectivity index (χ1) is 39.5. The number of nitrogens with one attached hydrogen (secondary N) is 5. The molecule has 0 spiro atoms. The molecule has 12 atom stereocenters. The molecule has 6 aliphatic carbocycles. The molecule has 4 saturated heterocycles. The van der Waals surface area contributed by atoms with Crippen molar-refractivity contribution >= 4 is 38.2 Å². The summed E-state index contributed by atoms with van der Waals surface area (Å²) in [4.78, 5) is 54.8. The summed E-state index contributed by atoms with van der Waals surface area (Å²) in [6.45, 7) is 31.5. The molecule has 83 heavy (non-hydrogen) atoms. The number of nitriles is 1. The van der Waals surface area contributed by atoms with E-state index in [9.17, 15) is 19.2 Å². The first-order valence-corrected chi connectivity index (χ1v) is 30.8. The molecule has 4 bridgehead atoms. The number of piperidine rings is 2. The van der Waals surface area contributed by atoms with Gasteiger partial charge in [-0.05, 0) is 148 Å². The van der Waals surface area contributed by atoms with Gasteiger partial charge in [-0.3, -0.25) is 4.79 Å². The van der Waals surface area contributed by atoms with Gasteiger partial charge in [0.1, 0.15) is 11.6 Å². The summed E-state index contributed by atoms with van der Waals surface area (Å²) in [6.07, 6.45) is 15.2. The number of benzene rings is 2. The monoisotopic (exact) mass is 1140 g/mol. The van der Waals surface area contributed by atoms with Crippen molar-refractivity contribution in [1.29, 1.82) is 5.26 Å². The Hall–Kier alpha value is -5.69. The van der Waals surface area contributed by atoms with Gasteiger partial charge in [0.25, 0.3) is 5.91 Å². The smallest absolute Gasteiger partial charge is 0.477 e. The second kappa shape index (κ2) is 27.1. The molecule has 2 aromatic rings. The second-order valence-electron chi connectivity index (χ2n) is 26.9. The van der Waals surface area contributed by atoms with Crippen molar-refractivity contribution in [3.63, 3.8) is 0 Å². The van der Waals surface area contributed by atoms with Crippen molar-refractivity contribution in [3.05, 3.63) is 107 Å². The van der Waals surface area contributed by atoms with E-state index < -0.39 is 20.2 Å². The van der Waals surface area contributed by atoms with Crippen molar-refractivity contribution in [2.24, 2.45) is 46.3 Å². The first-order valence-electron chi connectivity index (χ1n) is 30.8. The van der Waals surface area contributed by atoms with E-state index >= 15 is 0 Å². The van der Waals surface area contributed by atoms with E-state index in [0.29, 0.717) is 67.6 Å². The predicted octanol–water partition coefficient (Wildman–Crippen LogP) is 9.49. The summed E-state index contributed by atoms with van der Waals surface area (Å²) < 4.78 is 26.5. The standard InChI is InChI=1S/C32H45BN4O4.C25H38BN3O3.C7H9NO2/c1-21(2)16-25(34-6)29(38)37-15-11-10-14-24(37)20-35-30(39)36-28(17-22-12-8-7-9-13-22)33-40-27-19-23-18-26(31(23,3)4)32(27,5)41-33;1-24(2)18-14-20(24)25(3)21(15-18)31-26(32-25)22(13-17-9-5-4-6-10-17)29-23(30)28-16-19-11-7-8-12-27-19;1-5(2)3-6(4-8)7(9)10/h7-9,12-13,16,21,23-24,26-28H,10-11,14-15,17-20H2,1-5H3,(H2,35,36,39);4-6,9-10,18-22,27H,7-8,11-16H2,1-3H3,(H2,28,29,30);3,5H,1-2H3,(H,9,10)/t23-,24+,26-,27+,28-,32-;18-,19+,20-,21+,22-,25-;/m00./s1. The predicted molar refractivity (Wildman–Crippen MR) is 322 cm³/mol. The maximum Gasteiger partial charge on any atom is 0.482 e. The number of allylic oxidation sites excluding steroid dienone is 2. The van der Waals surface area contributed by atoms with Gasteiger partial charge in [0.15, 0.2) is 0 Å². The van der Waals surface area contributed by atoms with Gasteiger partial charge in [-0.1, -0.05) is 135 Å². The molecule has 6 N–H and O–H groups in total. The Bertz CT molecular complexity index is 2730. The van der Waals surface area contributed by atoms with Crippen molar-refractivity contribution in [2.75, 3.05) is 26.2 Å². The summed E-state index contributed by atoms with van der Waals surface area (Å²) in [5, 5.41) is 32.5. The lowest BCUT2D eigenvalue weighted by molar-refractivity contribution is -0.199. The van der Waals surface area contributed by atoms with Gasteiger partial charge in [-0.25, -0.2) is 19.2 Å². The molecule has 6 saturated carbocycles. The summed E-state index contributed by atoms with van der Waals surface area (Å²) in [5.74, 6) is 0.513.